The van der Waals surface area contributed by atoms with Gasteiger partial charge in [-0.25, -0.2) is 4.79 Å². The zero-order valence-corrected chi connectivity index (χ0v) is 14.5. The summed E-state index contributed by atoms with van der Waals surface area (Å²) in [6.45, 7) is 3.34. The molecule has 0 bridgehead atoms. The second-order valence-corrected chi connectivity index (χ2v) is 6.09. The monoisotopic (exact) mass is 341 g/mol. The molecule has 1 atom stereocenters. The van der Waals surface area contributed by atoms with Gasteiger partial charge in [0.1, 0.15) is 11.3 Å². The normalized spacial score (nSPS) is 11.6. The van der Waals surface area contributed by atoms with Crippen LogP contribution in [-0.4, -0.2) is 29.6 Å². The summed E-state index contributed by atoms with van der Waals surface area (Å²) in [6, 6.07) is 14.6. The summed E-state index contributed by atoms with van der Waals surface area (Å²) in [5, 5.41) is 12.5. The number of hydrogen-bond donors (Lipinski definition) is 2. The number of benzene rings is 2. The maximum absolute atomic E-state index is 12.0. The molecule has 0 aliphatic heterocycles. The van der Waals surface area contributed by atoms with E-state index in [2.05, 4.69) is 5.32 Å². The van der Waals surface area contributed by atoms with Crippen molar-refractivity contribution in [2.75, 3.05) is 6.61 Å². The highest BCUT2D eigenvalue weighted by Gasteiger charge is 2.15. The number of amides is 1. The highest BCUT2D eigenvalue weighted by Crippen LogP contribution is 2.19. The Hall–Kier alpha value is -2.82. The van der Waals surface area contributed by atoms with Gasteiger partial charge < -0.3 is 15.2 Å². The van der Waals surface area contributed by atoms with E-state index >= 15 is 0 Å². The maximum atomic E-state index is 12.0. The Bertz CT molecular complexity index is 728. The SMILES string of the molecule is Cc1ccc(O)c(C(=O)OCC(=O)N[C@H](C)CCc2ccccc2)c1. The molecule has 0 spiro atoms. The van der Waals surface area contributed by atoms with Crippen molar-refractivity contribution in [1.82, 2.24) is 5.32 Å². The van der Waals surface area contributed by atoms with E-state index in [0.717, 1.165) is 18.4 Å². The van der Waals surface area contributed by atoms with Crippen LogP contribution in [-0.2, 0) is 16.0 Å². The number of aromatic hydroxyl groups is 1. The average molecular weight is 341 g/mol. The molecule has 0 saturated heterocycles. The van der Waals surface area contributed by atoms with Gasteiger partial charge in [0.25, 0.3) is 5.91 Å². The number of esters is 1. The van der Waals surface area contributed by atoms with Crippen molar-refractivity contribution in [2.45, 2.75) is 32.7 Å². The molecule has 2 N–H and O–H groups in total. The molecular formula is C20H23NO4. The van der Waals surface area contributed by atoms with Gasteiger partial charge in [0.05, 0.1) is 0 Å². The molecule has 0 radical (unpaired) electrons. The second-order valence-electron chi connectivity index (χ2n) is 6.09. The van der Waals surface area contributed by atoms with E-state index in [-0.39, 0.29) is 29.9 Å². The average Bonchev–Trinajstić information content (AvgIpc) is 2.61. The molecule has 0 unspecified atom stereocenters. The van der Waals surface area contributed by atoms with E-state index < -0.39 is 5.97 Å². The number of rotatable bonds is 7. The molecule has 0 fully saturated rings. The second kappa shape index (κ2) is 8.87. The number of carbonyl (C=O) groups excluding carboxylic acids is 2. The predicted octanol–water partition coefficient (Wildman–Crippen LogP) is 2.99. The van der Waals surface area contributed by atoms with Gasteiger partial charge in [-0.1, -0.05) is 42.0 Å². The number of hydrogen-bond acceptors (Lipinski definition) is 4. The van der Waals surface area contributed by atoms with E-state index in [1.54, 1.807) is 13.0 Å². The van der Waals surface area contributed by atoms with Crippen LogP contribution in [0.5, 0.6) is 5.75 Å². The summed E-state index contributed by atoms with van der Waals surface area (Å²) in [6.07, 6.45) is 1.65. The molecule has 5 heteroatoms. The minimum Gasteiger partial charge on any atom is -0.507 e. The summed E-state index contributed by atoms with van der Waals surface area (Å²) in [5.41, 5.74) is 2.10. The Morgan fingerprint density at radius 1 is 1.16 bits per heavy atom. The molecule has 25 heavy (non-hydrogen) atoms. The molecule has 2 aromatic rings. The summed E-state index contributed by atoms with van der Waals surface area (Å²) >= 11 is 0. The van der Waals surface area contributed by atoms with Gasteiger partial charge in [-0.05, 0) is 44.4 Å². The van der Waals surface area contributed by atoms with Crippen LogP contribution in [0.25, 0.3) is 0 Å². The predicted molar refractivity (Wildman–Crippen MR) is 95.5 cm³/mol. The Labute approximate surface area is 147 Å². The number of ether oxygens (including phenoxy) is 1. The van der Waals surface area contributed by atoms with Crippen LogP contribution in [0.1, 0.15) is 34.8 Å². The van der Waals surface area contributed by atoms with Crippen molar-refractivity contribution in [3.63, 3.8) is 0 Å². The summed E-state index contributed by atoms with van der Waals surface area (Å²) in [7, 11) is 0. The molecule has 5 nitrogen and oxygen atoms in total. The summed E-state index contributed by atoms with van der Waals surface area (Å²) in [5.74, 6) is -1.23. The third-order valence-electron chi connectivity index (χ3n) is 3.82. The molecule has 0 aliphatic rings. The van der Waals surface area contributed by atoms with Crippen LogP contribution in [0.3, 0.4) is 0 Å². The number of carbonyl (C=O) groups is 2. The Kier molecular flexibility index (Phi) is 6.57. The first-order valence-corrected chi connectivity index (χ1v) is 8.25. The standard InChI is InChI=1S/C20H23NO4/c1-14-8-11-18(22)17(12-14)20(24)25-13-19(23)21-15(2)9-10-16-6-4-3-5-7-16/h3-8,11-12,15,22H,9-10,13H2,1-2H3,(H,21,23)/t15-/m1/s1. The number of nitrogens with one attached hydrogen (secondary N) is 1. The van der Waals surface area contributed by atoms with Crippen LogP contribution in [0, 0.1) is 6.92 Å². The molecule has 0 heterocycles. The summed E-state index contributed by atoms with van der Waals surface area (Å²) < 4.78 is 4.98. The highest BCUT2D eigenvalue weighted by molar-refractivity contribution is 5.94. The van der Waals surface area contributed by atoms with E-state index in [1.165, 1.54) is 17.7 Å². The smallest absolute Gasteiger partial charge is 0.342 e. The van der Waals surface area contributed by atoms with E-state index in [9.17, 15) is 14.7 Å². The van der Waals surface area contributed by atoms with Gasteiger partial charge in [0.15, 0.2) is 6.61 Å². The molecule has 0 aliphatic carbocycles. The van der Waals surface area contributed by atoms with Crippen molar-refractivity contribution in [3.05, 3.63) is 65.2 Å². The van der Waals surface area contributed by atoms with Crippen LogP contribution in [0.4, 0.5) is 0 Å². The first-order chi connectivity index (χ1) is 12.0. The van der Waals surface area contributed by atoms with Gasteiger partial charge in [0.2, 0.25) is 0 Å². The topological polar surface area (TPSA) is 75.6 Å². The van der Waals surface area contributed by atoms with Gasteiger partial charge in [-0.3, -0.25) is 4.79 Å². The third-order valence-corrected chi connectivity index (χ3v) is 3.82. The van der Waals surface area contributed by atoms with Crippen LogP contribution >= 0.6 is 0 Å². The Balaban J connectivity index is 1.76. The fourth-order valence-electron chi connectivity index (χ4n) is 2.44. The first kappa shape index (κ1) is 18.5. The fraction of sp³-hybridized carbons (Fsp3) is 0.300. The van der Waals surface area contributed by atoms with Gasteiger partial charge in [0, 0.05) is 6.04 Å². The lowest BCUT2D eigenvalue weighted by molar-refractivity contribution is -0.124. The molecular weight excluding hydrogens is 318 g/mol. The highest BCUT2D eigenvalue weighted by atomic mass is 16.5. The van der Waals surface area contributed by atoms with Crippen LogP contribution in [0.15, 0.2) is 48.5 Å². The Morgan fingerprint density at radius 2 is 1.88 bits per heavy atom. The fourth-order valence-corrected chi connectivity index (χ4v) is 2.44. The van der Waals surface area contributed by atoms with Crippen molar-refractivity contribution < 1.29 is 19.4 Å². The lowest BCUT2D eigenvalue weighted by Crippen LogP contribution is -2.36. The van der Waals surface area contributed by atoms with E-state index in [1.807, 2.05) is 37.3 Å². The number of phenols is 1. The molecule has 2 aromatic carbocycles. The number of phenolic OH excluding ortho intramolecular Hbond substituents is 1. The molecule has 1 amide bonds. The maximum Gasteiger partial charge on any atom is 0.342 e. The molecule has 0 saturated carbocycles. The van der Waals surface area contributed by atoms with Crippen LogP contribution < -0.4 is 5.32 Å². The van der Waals surface area contributed by atoms with Gasteiger partial charge in [-0.15, -0.1) is 0 Å². The Morgan fingerprint density at radius 3 is 2.60 bits per heavy atom. The lowest BCUT2D eigenvalue weighted by Gasteiger charge is -2.14. The lowest BCUT2D eigenvalue weighted by atomic mass is 10.1. The minimum atomic E-state index is -0.715. The van der Waals surface area contributed by atoms with Crippen molar-refractivity contribution >= 4 is 11.9 Å². The quantitative estimate of drug-likeness (QED) is 0.759. The van der Waals surface area contributed by atoms with Crippen LogP contribution in [0.2, 0.25) is 0 Å². The zero-order chi connectivity index (χ0) is 18.2. The van der Waals surface area contributed by atoms with Crippen molar-refractivity contribution in [2.24, 2.45) is 0 Å². The van der Waals surface area contributed by atoms with Crippen molar-refractivity contribution in [1.29, 1.82) is 0 Å². The zero-order valence-electron chi connectivity index (χ0n) is 14.5. The van der Waals surface area contributed by atoms with Gasteiger partial charge in [-0.2, -0.15) is 0 Å². The van der Waals surface area contributed by atoms with Gasteiger partial charge >= 0.3 is 5.97 Å². The molecule has 0 aromatic heterocycles. The number of aryl methyl sites for hydroxylation is 2. The van der Waals surface area contributed by atoms with Crippen molar-refractivity contribution in [3.8, 4) is 5.75 Å². The molecule has 2 rings (SSSR count). The summed E-state index contributed by atoms with van der Waals surface area (Å²) in [4.78, 5) is 23.9. The molecule has 132 valence electrons. The largest absolute Gasteiger partial charge is 0.507 e. The minimum absolute atomic E-state index is 0.0289. The van der Waals surface area contributed by atoms with E-state index in [0.29, 0.717) is 0 Å². The first-order valence-electron chi connectivity index (χ1n) is 8.25. The third kappa shape index (κ3) is 5.95. The van der Waals surface area contributed by atoms with E-state index in [4.69, 9.17) is 4.74 Å².